The van der Waals surface area contributed by atoms with E-state index >= 15 is 0 Å². The van der Waals surface area contributed by atoms with Crippen LogP contribution in [0.25, 0.3) is 0 Å². The van der Waals surface area contributed by atoms with Crippen molar-refractivity contribution in [3.05, 3.63) is 29.8 Å². The van der Waals surface area contributed by atoms with Crippen molar-refractivity contribution < 1.29 is 9.53 Å². The first kappa shape index (κ1) is 14.8. The quantitative estimate of drug-likeness (QED) is 0.865. The third-order valence-corrected chi connectivity index (χ3v) is 5.49. The van der Waals surface area contributed by atoms with Gasteiger partial charge < -0.3 is 19.9 Å². The second kappa shape index (κ2) is 5.71. The van der Waals surface area contributed by atoms with E-state index in [1.807, 2.05) is 11.0 Å². The van der Waals surface area contributed by atoms with Gasteiger partial charge in [0.15, 0.2) is 0 Å². The molecule has 3 heterocycles. The molecule has 3 aliphatic rings. The van der Waals surface area contributed by atoms with Crippen molar-refractivity contribution in [1.29, 1.82) is 0 Å². The molecule has 1 aromatic carbocycles. The van der Waals surface area contributed by atoms with E-state index in [-0.39, 0.29) is 24.2 Å². The predicted octanol–water partition coefficient (Wildman–Crippen LogP) is 2.36. The van der Waals surface area contributed by atoms with Crippen LogP contribution in [0.1, 0.15) is 31.7 Å². The van der Waals surface area contributed by atoms with Gasteiger partial charge in [0.1, 0.15) is 0 Å². The van der Waals surface area contributed by atoms with Gasteiger partial charge in [0.25, 0.3) is 0 Å². The lowest BCUT2D eigenvalue weighted by Crippen LogP contribution is -2.51. The summed E-state index contributed by atoms with van der Waals surface area (Å²) in [5.74, 6) is 0. The van der Waals surface area contributed by atoms with Crippen LogP contribution in [0, 0.1) is 0 Å². The molecule has 3 aliphatic heterocycles. The van der Waals surface area contributed by atoms with Crippen LogP contribution < -0.4 is 10.2 Å². The number of ether oxygens (including phenoxy) is 1. The molecule has 0 unspecified atom stereocenters. The van der Waals surface area contributed by atoms with Crippen molar-refractivity contribution in [2.45, 2.75) is 57.0 Å². The fourth-order valence-corrected chi connectivity index (χ4v) is 4.25. The molecule has 4 rings (SSSR count). The molecule has 1 aromatic rings. The third kappa shape index (κ3) is 2.67. The fourth-order valence-electron chi connectivity index (χ4n) is 4.25. The van der Waals surface area contributed by atoms with Crippen LogP contribution in [-0.4, -0.2) is 48.8 Å². The number of carbonyl (C=O) groups excluding carboxylic acids is 1. The molecule has 0 spiro atoms. The molecule has 0 aliphatic carbocycles. The van der Waals surface area contributed by atoms with Gasteiger partial charge in [0, 0.05) is 31.9 Å². The van der Waals surface area contributed by atoms with E-state index in [4.69, 9.17) is 4.74 Å². The van der Waals surface area contributed by atoms with E-state index in [9.17, 15) is 4.79 Å². The smallest absolute Gasteiger partial charge is 0.318 e. The maximum atomic E-state index is 12.9. The second-order valence-corrected chi connectivity index (χ2v) is 7.15. The molecule has 5 heteroatoms. The molecular formula is C18H25N3O2. The number of likely N-dealkylation sites (N-methyl/N-ethyl adjacent to an activating group) is 1. The second-order valence-electron chi connectivity index (χ2n) is 7.15. The van der Waals surface area contributed by atoms with Crippen LogP contribution in [0.5, 0.6) is 0 Å². The van der Waals surface area contributed by atoms with Gasteiger partial charge in [0.2, 0.25) is 0 Å². The summed E-state index contributed by atoms with van der Waals surface area (Å²) in [6, 6.07) is 8.75. The summed E-state index contributed by atoms with van der Waals surface area (Å²) in [4.78, 5) is 17.1. The Kier molecular flexibility index (Phi) is 3.68. The predicted molar refractivity (Wildman–Crippen MR) is 89.5 cm³/mol. The first-order valence-corrected chi connectivity index (χ1v) is 8.63. The van der Waals surface area contributed by atoms with Crippen molar-refractivity contribution in [3.8, 4) is 0 Å². The molecule has 2 fully saturated rings. The normalized spacial score (nSPS) is 32.6. The number of rotatable bonds is 1. The van der Waals surface area contributed by atoms with Crippen LogP contribution in [-0.2, 0) is 11.3 Å². The Morgan fingerprint density at radius 3 is 2.87 bits per heavy atom. The van der Waals surface area contributed by atoms with Crippen LogP contribution in [0.15, 0.2) is 24.3 Å². The zero-order chi connectivity index (χ0) is 16.0. The van der Waals surface area contributed by atoms with Crippen LogP contribution >= 0.6 is 0 Å². The van der Waals surface area contributed by atoms with Gasteiger partial charge in [-0.1, -0.05) is 18.2 Å². The Bertz CT molecular complexity index is 606. The molecule has 1 N–H and O–H groups in total. The lowest BCUT2D eigenvalue weighted by molar-refractivity contribution is 0.0963. The number of amides is 2. The SMILES string of the molecule is C[C@@H]1CN(C)c2ccccc2CN1C(=O)N[C@@H]1C[C@H]2CC[C@H]1O2. The van der Waals surface area contributed by atoms with Crippen LogP contribution in [0.4, 0.5) is 10.5 Å². The van der Waals surface area contributed by atoms with Crippen molar-refractivity contribution >= 4 is 11.7 Å². The minimum Gasteiger partial charge on any atom is -0.373 e. The summed E-state index contributed by atoms with van der Waals surface area (Å²) in [5, 5.41) is 3.23. The van der Waals surface area contributed by atoms with Gasteiger partial charge in [-0.05, 0) is 37.8 Å². The number of anilines is 1. The summed E-state index contributed by atoms with van der Waals surface area (Å²) in [6.07, 6.45) is 3.78. The van der Waals surface area contributed by atoms with Gasteiger partial charge in [-0.3, -0.25) is 0 Å². The number of nitrogens with one attached hydrogen (secondary N) is 1. The van der Waals surface area contributed by atoms with Gasteiger partial charge >= 0.3 is 6.03 Å². The van der Waals surface area contributed by atoms with E-state index < -0.39 is 0 Å². The number of nitrogens with zero attached hydrogens (tertiary/aromatic N) is 2. The molecule has 2 bridgehead atoms. The summed E-state index contributed by atoms with van der Waals surface area (Å²) < 4.78 is 5.86. The van der Waals surface area contributed by atoms with E-state index in [0.29, 0.717) is 12.6 Å². The monoisotopic (exact) mass is 315 g/mol. The lowest BCUT2D eigenvalue weighted by Gasteiger charge is -2.31. The van der Waals surface area contributed by atoms with Gasteiger partial charge in [-0.2, -0.15) is 0 Å². The van der Waals surface area contributed by atoms with Crippen LogP contribution in [0.2, 0.25) is 0 Å². The number of hydrogen-bond acceptors (Lipinski definition) is 3. The molecule has 4 atom stereocenters. The Labute approximate surface area is 137 Å². The fraction of sp³-hybridized carbons (Fsp3) is 0.611. The van der Waals surface area contributed by atoms with Crippen molar-refractivity contribution in [2.24, 2.45) is 0 Å². The molecule has 124 valence electrons. The van der Waals surface area contributed by atoms with E-state index in [1.54, 1.807) is 0 Å². The first-order valence-electron chi connectivity index (χ1n) is 8.63. The average molecular weight is 315 g/mol. The zero-order valence-electron chi connectivity index (χ0n) is 13.9. The van der Waals surface area contributed by atoms with Crippen molar-refractivity contribution in [3.63, 3.8) is 0 Å². The number of benzene rings is 1. The Morgan fingerprint density at radius 1 is 1.30 bits per heavy atom. The number of urea groups is 1. The maximum Gasteiger partial charge on any atom is 0.318 e. The highest BCUT2D eigenvalue weighted by Gasteiger charge is 2.42. The number of fused-ring (bicyclic) bond motifs is 3. The Morgan fingerprint density at radius 2 is 2.13 bits per heavy atom. The molecule has 0 saturated carbocycles. The lowest BCUT2D eigenvalue weighted by atomic mass is 9.96. The number of para-hydroxylation sites is 1. The topological polar surface area (TPSA) is 44.8 Å². The van der Waals surface area contributed by atoms with Crippen molar-refractivity contribution in [2.75, 3.05) is 18.5 Å². The number of hydrogen-bond donors (Lipinski definition) is 1. The average Bonchev–Trinajstić information content (AvgIpc) is 3.12. The standard InChI is InChI=1S/C18H25N3O2/c1-12-10-20(2)16-6-4-3-5-13(16)11-21(12)18(22)19-15-9-14-7-8-17(15)23-14/h3-6,12,14-15,17H,7-11H2,1-2H3,(H,19,22)/t12-,14-,15-,17-/m1/s1. The maximum absolute atomic E-state index is 12.9. The summed E-state index contributed by atoms with van der Waals surface area (Å²) in [7, 11) is 2.10. The molecule has 23 heavy (non-hydrogen) atoms. The summed E-state index contributed by atoms with van der Waals surface area (Å²) in [6.45, 7) is 3.63. The molecular weight excluding hydrogens is 290 g/mol. The van der Waals surface area contributed by atoms with E-state index in [0.717, 1.165) is 25.8 Å². The molecule has 0 radical (unpaired) electrons. The van der Waals surface area contributed by atoms with Crippen molar-refractivity contribution in [1.82, 2.24) is 10.2 Å². The van der Waals surface area contributed by atoms with Crippen LogP contribution in [0.3, 0.4) is 0 Å². The molecule has 5 nitrogen and oxygen atoms in total. The van der Waals surface area contributed by atoms with Gasteiger partial charge in [-0.15, -0.1) is 0 Å². The third-order valence-electron chi connectivity index (χ3n) is 5.49. The summed E-state index contributed by atoms with van der Waals surface area (Å²) >= 11 is 0. The highest BCUT2D eigenvalue weighted by Crippen LogP contribution is 2.34. The summed E-state index contributed by atoms with van der Waals surface area (Å²) in [5.41, 5.74) is 2.43. The largest absolute Gasteiger partial charge is 0.373 e. The van der Waals surface area contributed by atoms with Gasteiger partial charge in [-0.25, -0.2) is 4.79 Å². The first-order chi connectivity index (χ1) is 11.1. The zero-order valence-corrected chi connectivity index (χ0v) is 13.9. The molecule has 0 aromatic heterocycles. The highest BCUT2D eigenvalue weighted by molar-refractivity contribution is 5.76. The minimum atomic E-state index is 0.0451. The van der Waals surface area contributed by atoms with E-state index in [1.165, 1.54) is 11.3 Å². The minimum absolute atomic E-state index is 0.0451. The molecule has 2 amide bonds. The van der Waals surface area contributed by atoms with E-state index in [2.05, 4.69) is 42.4 Å². The highest BCUT2D eigenvalue weighted by atomic mass is 16.5. The molecule has 2 saturated heterocycles. The Balaban J connectivity index is 1.50. The number of carbonyl (C=O) groups is 1. The Hall–Kier alpha value is -1.75. The van der Waals surface area contributed by atoms with Gasteiger partial charge in [0.05, 0.1) is 18.2 Å².